The molecule has 0 unspecified atom stereocenters. The Morgan fingerprint density at radius 1 is 1.20 bits per heavy atom. The summed E-state index contributed by atoms with van der Waals surface area (Å²) in [5, 5.41) is 3.23. The van der Waals surface area contributed by atoms with Crippen molar-refractivity contribution in [3.63, 3.8) is 0 Å². The first-order valence-corrected chi connectivity index (χ1v) is 7.09. The normalized spacial score (nSPS) is 24.7. The summed E-state index contributed by atoms with van der Waals surface area (Å²) in [4.78, 5) is 14.9. The lowest BCUT2D eigenvalue weighted by atomic mass is 9.78. The molecule has 6 heteroatoms. The molecule has 0 radical (unpaired) electrons. The first-order chi connectivity index (χ1) is 9.30. The van der Waals surface area contributed by atoms with Gasteiger partial charge in [0.1, 0.15) is 0 Å². The van der Waals surface area contributed by atoms with Crippen LogP contribution >= 0.6 is 0 Å². The zero-order chi connectivity index (χ0) is 14.5. The van der Waals surface area contributed by atoms with Crippen LogP contribution in [0.3, 0.4) is 0 Å². The molecule has 2 fully saturated rings. The highest BCUT2D eigenvalue weighted by Crippen LogP contribution is 2.36. The van der Waals surface area contributed by atoms with Crippen molar-refractivity contribution >= 4 is 12.6 Å². The van der Waals surface area contributed by atoms with Crippen LogP contribution in [0.5, 0.6) is 0 Å². The van der Waals surface area contributed by atoms with E-state index in [1.165, 1.54) is 0 Å². The van der Waals surface area contributed by atoms with E-state index in [9.17, 15) is 4.79 Å². The standard InChI is InChI=1S/C14H21BN2O3/c1-13(2)14(3,4)20-15(19-13)11-5-9(8-17-12(11)18)10-6-16-7-10/h5,8,10,16H,6-7H2,1-4H3,(H,17,18). The van der Waals surface area contributed by atoms with Gasteiger partial charge >= 0.3 is 7.12 Å². The summed E-state index contributed by atoms with van der Waals surface area (Å²) in [6, 6.07) is 1.92. The highest BCUT2D eigenvalue weighted by atomic mass is 16.7. The van der Waals surface area contributed by atoms with Crippen molar-refractivity contribution in [3.05, 3.63) is 28.2 Å². The van der Waals surface area contributed by atoms with Gasteiger partial charge in [-0.3, -0.25) is 4.79 Å². The van der Waals surface area contributed by atoms with Crippen LogP contribution in [0.1, 0.15) is 39.2 Å². The molecule has 1 aromatic rings. The lowest BCUT2D eigenvalue weighted by molar-refractivity contribution is 0.00578. The van der Waals surface area contributed by atoms with Crippen LogP contribution in [0.25, 0.3) is 0 Å². The summed E-state index contributed by atoms with van der Waals surface area (Å²) >= 11 is 0. The van der Waals surface area contributed by atoms with E-state index < -0.39 is 18.3 Å². The second kappa shape index (κ2) is 4.45. The Balaban J connectivity index is 1.93. The molecule has 5 nitrogen and oxygen atoms in total. The number of aromatic amines is 1. The van der Waals surface area contributed by atoms with Crippen molar-refractivity contribution < 1.29 is 9.31 Å². The van der Waals surface area contributed by atoms with Gasteiger partial charge in [-0.25, -0.2) is 0 Å². The van der Waals surface area contributed by atoms with Crippen LogP contribution in [0.2, 0.25) is 0 Å². The van der Waals surface area contributed by atoms with Crippen LogP contribution in [-0.2, 0) is 9.31 Å². The van der Waals surface area contributed by atoms with Gasteiger partial charge in [-0.15, -0.1) is 0 Å². The fraction of sp³-hybridized carbons (Fsp3) is 0.643. The SMILES string of the molecule is CC1(C)OB(c2cc(C3CNC3)c[nH]c2=O)OC1(C)C. The van der Waals surface area contributed by atoms with Gasteiger partial charge in [0.15, 0.2) is 0 Å². The van der Waals surface area contributed by atoms with Gasteiger partial charge in [-0.05, 0) is 33.3 Å². The lowest BCUT2D eigenvalue weighted by Crippen LogP contribution is -2.46. The summed E-state index contributed by atoms with van der Waals surface area (Å²) in [6.07, 6.45) is 1.79. The number of H-pyrrole nitrogens is 1. The Morgan fingerprint density at radius 3 is 2.30 bits per heavy atom. The highest BCUT2D eigenvalue weighted by Gasteiger charge is 2.52. The second-order valence-electron chi connectivity index (χ2n) is 6.66. The Bertz CT molecular complexity index is 562. The van der Waals surface area contributed by atoms with Gasteiger partial charge in [-0.2, -0.15) is 0 Å². The van der Waals surface area contributed by atoms with Crippen LogP contribution in [0, 0.1) is 0 Å². The third-order valence-corrected chi connectivity index (χ3v) is 4.71. The zero-order valence-electron chi connectivity index (χ0n) is 12.4. The molecule has 0 atom stereocenters. The number of aromatic nitrogens is 1. The summed E-state index contributed by atoms with van der Waals surface area (Å²) in [7, 11) is -0.600. The molecule has 20 heavy (non-hydrogen) atoms. The Labute approximate surface area is 119 Å². The minimum Gasteiger partial charge on any atom is -0.399 e. The number of hydrogen-bond acceptors (Lipinski definition) is 4. The van der Waals surface area contributed by atoms with Crippen LogP contribution in [-0.4, -0.2) is 36.4 Å². The second-order valence-corrected chi connectivity index (χ2v) is 6.66. The van der Waals surface area contributed by atoms with Crippen LogP contribution < -0.4 is 16.3 Å². The third kappa shape index (κ3) is 2.12. The third-order valence-electron chi connectivity index (χ3n) is 4.71. The predicted molar refractivity (Wildman–Crippen MR) is 78.4 cm³/mol. The smallest absolute Gasteiger partial charge is 0.399 e. The molecule has 2 aliphatic rings. The molecular weight excluding hydrogens is 255 g/mol. The van der Waals surface area contributed by atoms with E-state index in [-0.39, 0.29) is 5.56 Å². The van der Waals surface area contributed by atoms with Crippen molar-refractivity contribution in [2.24, 2.45) is 0 Å². The molecule has 0 spiro atoms. The number of nitrogens with one attached hydrogen (secondary N) is 2. The van der Waals surface area contributed by atoms with Gasteiger partial charge in [0, 0.05) is 30.7 Å². The van der Waals surface area contributed by atoms with Crippen LogP contribution in [0.4, 0.5) is 0 Å². The van der Waals surface area contributed by atoms with Gasteiger partial charge < -0.3 is 19.6 Å². The van der Waals surface area contributed by atoms with E-state index in [1.807, 2.05) is 33.8 Å². The molecule has 1 aromatic heterocycles. The molecule has 0 aliphatic carbocycles. The largest absolute Gasteiger partial charge is 0.500 e. The average Bonchev–Trinajstić information content (AvgIpc) is 2.48. The first-order valence-electron chi connectivity index (χ1n) is 7.09. The molecule has 2 N–H and O–H groups in total. The minimum atomic E-state index is -0.600. The van der Waals surface area contributed by atoms with Crippen molar-refractivity contribution in [2.45, 2.75) is 44.8 Å². The van der Waals surface area contributed by atoms with Crippen molar-refractivity contribution in [2.75, 3.05) is 13.1 Å². The van der Waals surface area contributed by atoms with Gasteiger partial charge in [0.05, 0.1) is 11.2 Å². The molecule has 0 amide bonds. The summed E-state index contributed by atoms with van der Waals surface area (Å²) in [5.74, 6) is 0.466. The summed E-state index contributed by atoms with van der Waals surface area (Å²) in [6.45, 7) is 9.85. The lowest BCUT2D eigenvalue weighted by Gasteiger charge is -2.32. The minimum absolute atomic E-state index is 0.139. The van der Waals surface area contributed by atoms with Crippen molar-refractivity contribution in [1.82, 2.24) is 10.3 Å². The monoisotopic (exact) mass is 276 g/mol. The molecule has 0 aromatic carbocycles. The number of pyridine rings is 1. The topological polar surface area (TPSA) is 63.3 Å². The molecule has 108 valence electrons. The first kappa shape index (κ1) is 13.9. The van der Waals surface area contributed by atoms with E-state index >= 15 is 0 Å². The summed E-state index contributed by atoms with van der Waals surface area (Å²) in [5.41, 5.74) is 0.691. The Hall–Kier alpha value is -1.11. The van der Waals surface area contributed by atoms with Gasteiger partial charge in [0.25, 0.3) is 0 Å². The maximum absolute atomic E-state index is 12.1. The van der Waals surface area contributed by atoms with E-state index in [2.05, 4.69) is 10.3 Å². The summed E-state index contributed by atoms with van der Waals surface area (Å²) < 4.78 is 11.9. The van der Waals surface area contributed by atoms with Crippen molar-refractivity contribution in [1.29, 1.82) is 0 Å². The van der Waals surface area contributed by atoms with E-state index in [0.717, 1.165) is 18.7 Å². The van der Waals surface area contributed by atoms with Gasteiger partial charge in [-0.1, -0.05) is 6.07 Å². The number of rotatable bonds is 2. The zero-order valence-corrected chi connectivity index (χ0v) is 12.4. The maximum Gasteiger partial charge on any atom is 0.500 e. The van der Waals surface area contributed by atoms with E-state index in [1.54, 1.807) is 6.20 Å². The predicted octanol–water partition coefficient (Wildman–Crippen LogP) is 0.361. The molecular formula is C14H21BN2O3. The molecule has 2 saturated heterocycles. The fourth-order valence-corrected chi connectivity index (χ4v) is 2.42. The molecule has 0 saturated carbocycles. The number of hydrogen-bond donors (Lipinski definition) is 2. The Morgan fingerprint density at radius 2 is 1.80 bits per heavy atom. The van der Waals surface area contributed by atoms with E-state index in [4.69, 9.17) is 9.31 Å². The molecule has 2 aliphatic heterocycles. The highest BCUT2D eigenvalue weighted by molar-refractivity contribution is 6.62. The Kier molecular flexibility index (Phi) is 3.08. The van der Waals surface area contributed by atoms with Gasteiger partial charge in [0.2, 0.25) is 5.56 Å². The van der Waals surface area contributed by atoms with Crippen molar-refractivity contribution in [3.8, 4) is 0 Å². The molecule has 3 heterocycles. The fourth-order valence-electron chi connectivity index (χ4n) is 2.42. The average molecular weight is 276 g/mol. The molecule has 0 bridgehead atoms. The quantitative estimate of drug-likeness (QED) is 0.766. The van der Waals surface area contributed by atoms with Crippen LogP contribution in [0.15, 0.2) is 17.1 Å². The maximum atomic E-state index is 12.1. The van der Waals surface area contributed by atoms with E-state index in [0.29, 0.717) is 11.4 Å². The molecule has 3 rings (SSSR count).